The first-order valence-corrected chi connectivity index (χ1v) is 5.81. The Labute approximate surface area is 111 Å². The maximum Gasteiger partial charge on any atom is 0.256 e. The summed E-state index contributed by atoms with van der Waals surface area (Å²) >= 11 is 0. The smallest absolute Gasteiger partial charge is 0.256 e. The zero-order chi connectivity index (χ0) is 14.0. The lowest BCUT2D eigenvalue weighted by Crippen LogP contribution is -2.13. The van der Waals surface area contributed by atoms with Crippen LogP contribution in [-0.2, 0) is 0 Å². The zero-order valence-corrected chi connectivity index (χ0v) is 10.8. The number of nitrogens with one attached hydrogen (secondary N) is 1. The van der Waals surface area contributed by atoms with Crippen LogP contribution in [0.15, 0.2) is 30.3 Å². The number of hydrogen-bond acceptors (Lipinski definition) is 4. The lowest BCUT2D eigenvalue weighted by molar-refractivity contribution is 0.102. The summed E-state index contributed by atoms with van der Waals surface area (Å²) in [4.78, 5) is 16.1. The number of pyridine rings is 1. The van der Waals surface area contributed by atoms with Gasteiger partial charge >= 0.3 is 0 Å². The highest BCUT2D eigenvalue weighted by Crippen LogP contribution is 2.21. The molecule has 1 aromatic heterocycles. The van der Waals surface area contributed by atoms with Gasteiger partial charge in [-0.05, 0) is 43.7 Å². The Balaban J connectivity index is 2.25. The second-order valence-corrected chi connectivity index (χ2v) is 4.35. The number of aryl methyl sites for hydroxylation is 2. The second kappa shape index (κ2) is 4.97. The Hall–Kier alpha value is -2.56. The highest BCUT2D eigenvalue weighted by molar-refractivity contribution is 6.05. The summed E-state index contributed by atoms with van der Waals surface area (Å²) in [7, 11) is 0. The van der Waals surface area contributed by atoms with E-state index in [0.29, 0.717) is 16.9 Å². The first-order valence-electron chi connectivity index (χ1n) is 5.81. The van der Waals surface area contributed by atoms with Crippen molar-refractivity contribution in [3.63, 3.8) is 0 Å². The van der Waals surface area contributed by atoms with Gasteiger partial charge in [-0.3, -0.25) is 4.79 Å². The van der Waals surface area contributed by atoms with E-state index < -0.39 is 0 Å². The van der Waals surface area contributed by atoms with Crippen LogP contribution >= 0.6 is 0 Å². The van der Waals surface area contributed by atoms with Crippen molar-refractivity contribution < 1.29 is 9.90 Å². The molecule has 0 bridgehead atoms. The lowest BCUT2D eigenvalue weighted by atomic mass is 10.1. The number of hydrogen-bond donors (Lipinski definition) is 3. The predicted octanol–water partition coefficient (Wildman–Crippen LogP) is 2.24. The highest BCUT2D eigenvalue weighted by Gasteiger charge is 2.11. The summed E-state index contributed by atoms with van der Waals surface area (Å²) in [5, 5.41) is 12.2. The van der Waals surface area contributed by atoms with Gasteiger partial charge in [0.15, 0.2) is 11.6 Å². The maximum atomic E-state index is 12.0. The van der Waals surface area contributed by atoms with Crippen LogP contribution in [0.1, 0.15) is 21.6 Å². The fraction of sp³-hybridized carbons (Fsp3) is 0.143. The number of carbonyl (C=O) groups is 1. The number of nitrogen functional groups attached to an aromatic ring is 1. The quantitative estimate of drug-likeness (QED) is 0.720. The number of carbonyl (C=O) groups excluding carboxylic acids is 1. The molecule has 0 spiro atoms. The molecule has 1 aromatic carbocycles. The van der Waals surface area contributed by atoms with Gasteiger partial charge in [-0.2, -0.15) is 0 Å². The molecular formula is C14H15N3O2. The Morgan fingerprint density at radius 1 is 1.26 bits per heavy atom. The van der Waals surface area contributed by atoms with Gasteiger partial charge in [0.2, 0.25) is 0 Å². The average Bonchev–Trinajstić information content (AvgIpc) is 2.37. The van der Waals surface area contributed by atoms with Crippen molar-refractivity contribution in [1.29, 1.82) is 0 Å². The van der Waals surface area contributed by atoms with Crippen molar-refractivity contribution >= 4 is 17.4 Å². The number of anilines is 2. The number of aromatic nitrogens is 1. The van der Waals surface area contributed by atoms with E-state index >= 15 is 0 Å². The SMILES string of the molecule is Cc1ccc(O)c(NC(=O)c2ccc(C)c(N)c2)n1. The monoisotopic (exact) mass is 257 g/mol. The van der Waals surface area contributed by atoms with Crippen molar-refractivity contribution in [2.24, 2.45) is 0 Å². The molecule has 4 N–H and O–H groups in total. The predicted molar refractivity (Wildman–Crippen MR) is 74.2 cm³/mol. The Morgan fingerprint density at radius 3 is 2.68 bits per heavy atom. The van der Waals surface area contributed by atoms with Crippen LogP contribution in [0.25, 0.3) is 0 Å². The summed E-state index contributed by atoms with van der Waals surface area (Å²) in [5.41, 5.74) is 8.35. The van der Waals surface area contributed by atoms with E-state index in [0.717, 1.165) is 5.56 Å². The van der Waals surface area contributed by atoms with Crippen LogP contribution in [0.4, 0.5) is 11.5 Å². The summed E-state index contributed by atoms with van der Waals surface area (Å²) in [6.45, 7) is 3.64. The zero-order valence-electron chi connectivity index (χ0n) is 10.8. The number of amides is 1. The van der Waals surface area contributed by atoms with Gasteiger partial charge in [-0.15, -0.1) is 0 Å². The molecule has 0 fully saturated rings. The molecule has 0 saturated heterocycles. The third-order valence-corrected chi connectivity index (χ3v) is 2.79. The van der Waals surface area contributed by atoms with Gasteiger partial charge in [0, 0.05) is 16.9 Å². The minimum absolute atomic E-state index is 0.0703. The molecule has 98 valence electrons. The first-order chi connectivity index (χ1) is 8.97. The number of nitrogens with zero attached hydrogens (tertiary/aromatic N) is 1. The van der Waals surface area contributed by atoms with Gasteiger partial charge in [-0.1, -0.05) is 6.07 Å². The van der Waals surface area contributed by atoms with Crippen molar-refractivity contribution in [3.05, 3.63) is 47.2 Å². The molecule has 0 aliphatic carbocycles. The lowest BCUT2D eigenvalue weighted by Gasteiger charge is -2.08. The normalized spacial score (nSPS) is 10.2. The van der Waals surface area contributed by atoms with E-state index in [1.54, 1.807) is 31.2 Å². The minimum Gasteiger partial charge on any atom is -0.504 e. The van der Waals surface area contributed by atoms with E-state index in [2.05, 4.69) is 10.3 Å². The van der Waals surface area contributed by atoms with Crippen molar-refractivity contribution in [3.8, 4) is 5.75 Å². The Bertz CT molecular complexity index is 639. The van der Waals surface area contributed by atoms with Gasteiger partial charge in [-0.25, -0.2) is 4.98 Å². The molecule has 0 unspecified atom stereocenters. The molecule has 0 saturated carbocycles. The van der Waals surface area contributed by atoms with Gasteiger partial charge < -0.3 is 16.2 Å². The number of nitrogens with two attached hydrogens (primary N) is 1. The largest absolute Gasteiger partial charge is 0.504 e. The molecule has 2 aromatic rings. The van der Waals surface area contributed by atoms with Crippen LogP contribution in [0.2, 0.25) is 0 Å². The molecule has 0 aliphatic rings. The first kappa shape index (κ1) is 12.9. The average molecular weight is 257 g/mol. The van der Waals surface area contributed by atoms with Gasteiger partial charge in [0.05, 0.1) is 0 Å². The van der Waals surface area contributed by atoms with Gasteiger partial charge in [0.1, 0.15) is 0 Å². The third kappa shape index (κ3) is 2.82. The van der Waals surface area contributed by atoms with Crippen LogP contribution in [0.3, 0.4) is 0 Å². The molecule has 0 atom stereocenters. The van der Waals surface area contributed by atoms with Gasteiger partial charge in [0.25, 0.3) is 5.91 Å². The topological polar surface area (TPSA) is 88.2 Å². The molecule has 1 amide bonds. The molecular weight excluding hydrogens is 242 g/mol. The summed E-state index contributed by atoms with van der Waals surface area (Å²) in [6, 6.07) is 8.19. The number of rotatable bonds is 2. The Morgan fingerprint density at radius 2 is 2.00 bits per heavy atom. The number of aromatic hydroxyl groups is 1. The minimum atomic E-state index is -0.361. The summed E-state index contributed by atoms with van der Waals surface area (Å²) < 4.78 is 0. The fourth-order valence-corrected chi connectivity index (χ4v) is 1.60. The second-order valence-electron chi connectivity index (χ2n) is 4.35. The van der Waals surface area contributed by atoms with Crippen LogP contribution < -0.4 is 11.1 Å². The standard InChI is InChI=1S/C14H15N3O2/c1-8-3-5-10(7-11(8)15)14(19)17-13-12(18)6-4-9(2)16-13/h3-7,18H,15H2,1-2H3,(H,16,17,19). The molecule has 1 heterocycles. The number of benzene rings is 1. The van der Waals surface area contributed by atoms with E-state index in [1.165, 1.54) is 6.07 Å². The van der Waals surface area contributed by atoms with Crippen LogP contribution in [0.5, 0.6) is 5.75 Å². The third-order valence-electron chi connectivity index (χ3n) is 2.79. The maximum absolute atomic E-state index is 12.0. The van der Waals surface area contributed by atoms with E-state index in [4.69, 9.17) is 5.73 Å². The molecule has 19 heavy (non-hydrogen) atoms. The van der Waals surface area contributed by atoms with Crippen molar-refractivity contribution in [2.45, 2.75) is 13.8 Å². The fourth-order valence-electron chi connectivity index (χ4n) is 1.60. The van der Waals surface area contributed by atoms with Crippen LogP contribution in [-0.4, -0.2) is 16.0 Å². The Kier molecular flexibility index (Phi) is 3.37. The molecule has 2 rings (SSSR count). The highest BCUT2D eigenvalue weighted by atomic mass is 16.3. The van der Waals surface area contributed by atoms with E-state index in [9.17, 15) is 9.90 Å². The summed E-state index contributed by atoms with van der Waals surface area (Å²) in [6.07, 6.45) is 0. The van der Waals surface area contributed by atoms with Crippen LogP contribution in [0, 0.1) is 13.8 Å². The molecule has 5 heteroatoms. The van der Waals surface area contributed by atoms with E-state index in [1.807, 2.05) is 6.92 Å². The van der Waals surface area contributed by atoms with E-state index in [-0.39, 0.29) is 17.5 Å². The molecule has 0 radical (unpaired) electrons. The molecule has 0 aliphatic heterocycles. The summed E-state index contributed by atoms with van der Waals surface area (Å²) in [5.74, 6) is -0.289. The van der Waals surface area contributed by atoms with Crippen molar-refractivity contribution in [1.82, 2.24) is 4.98 Å². The molecule has 5 nitrogen and oxygen atoms in total. The van der Waals surface area contributed by atoms with Crippen molar-refractivity contribution in [2.75, 3.05) is 11.1 Å².